The van der Waals surface area contributed by atoms with Crippen LogP contribution in [0.1, 0.15) is 25.3 Å². The molecule has 0 aliphatic carbocycles. The van der Waals surface area contributed by atoms with Crippen LogP contribution in [0, 0.1) is 0 Å². The molecule has 1 N–H and O–H groups in total. The van der Waals surface area contributed by atoms with E-state index in [9.17, 15) is 9.59 Å². The Hall–Kier alpha value is -3.28. The normalized spacial score (nSPS) is 10.9. The number of methoxy groups -OCH3 is 2. The average molecular weight is 382 g/mol. The predicted octanol–water partition coefficient (Wildman–Crippen LogP) is 4.12. The number of rotatable bonds is 9. The van der Waals surface area contributed by atoms with E-state index in [-0.39, 0.29) is 5.91 Å². The third kappa shape index (κ3) is 4.91. The molecule has 0 saturated heterocycles. The zero-order valence-electron chi connectivity index (χ0n) is 16.7. The van der Waals surface area contributed by atoms with E-state index in [0.29, 0.717) is 29.3 Å². The smallest absolute Gasteiger partial charge is 0.224 e. The minimum Gasteiger partial charge on any atom is -0.496 e. The highest BCUT2D eigenvalue weighted by molar-refractivity contribution is 5.94. The Morgan fingerprint density at radius 1 is 1.11 bits per heavy atom. The van der Waals surface area contributed by atoms with Crippen LogP contribution >= 0.6 is 0 Å². The SMILES string of the molecule is CCCC(=O)Nc1cc(N(C)/C(=C/C=O)c2ccccc2OC)ccc1OC. The molecule has 2 aromatic carbocycles. The molecule has 0 unspecified atom stereocenters. The summed E-state index contributed by atoms with van der Waals surface area (Å²) >= 11 is 0. The molecule has 148 valence electrons. The second-order valence-electron chi connectivity index (χ2n) is 6.13. The Bertz CT molecular complexity index is 861. The van der Waals surface area contributed by atoms with Crippen molar-refractivity contribution < 1.29 is 19.1 Å². The van der Waals surface area contributed by atoms with Gasteiger partial charge < -0.3 is 19.7 Å². The van der Waals surface area contributed by atoms with Gasteiger partial charge in [0, 0.05) is 30.8 Å². The van der Waals surface area contributed by atoms with Crippen LogP contribution in [-0.4, -0.2) is 33.5 Å². The number of nitrogens with one attached hydrogen (secondary N) is 1. The number of ether oxygens (including phenoxy) is 2. The van der Waals surface area contributed by atoms with Crippen molar-refractivity contribution in [3.8, 4) is 11.5 Å². The van der Waals surface area contributed by atoms with Gasteiger partial charge in [0.05, 0.1) is 25.6 Å². The first-order valence-electron chi connectivity index (χ1n) is 9.06. The van der Waals surface area contributed by atoms with Crippen molar-refractivity contribution in [3.63, 3.8) is 0 Å². The van der Waals surface area contributed by atoms with E-state index < -0.39 is 0 Å². The van der Waals surface area contributed by atoms with Gasteiger partial charge in [0.1, 0.15) is 17.8 Å². The van der Waals surface area contributed by atoms with E-state index in [1.807, 2.05) is 55.3 Å². The number of hydrogen-bond acceptors (Lipinski definition) is 5. The van der Waals surface area contributed by atoms with E-state index in [2.05, 4.69) is 5.32 Å². The van der Waals surface area contributed by atoms with Crippen molar-refractivity contribution in [2.45, 2.75) is 19.8 Å². The van der Waals surface area contributed by atoms with E-state index >= 15 is 0 Å². The average Bonchev–Trinajstić information content (AvgIpc) is 2.71. The van der Waals surface area contributed by atoms with Gasteiger partial charge in [-0.25, -0.2) is 0 Å². The van der Waals surface area contributed by atoms with Crippen molar-refractivity contribution in [1.82, 2.24) is 0 Å². The van der Waals surface area contributed by atoms with Gasteiger partial charge >= 0.3 is 0 Å². The molecule has 2 aromatic rings. The first kappa shape index (κ1) is 21.0. The lowest BCUT2D eigenvalue weighted by molar-refractivity contribution is -0.116. The highest BCUT2D eigenvalue weighted by atomic mass is 16.5. The molecular formula is C22H26N2O4. The van der Waals surface area contributed by atoms with Gasteiger partial charge in [-0.1, -0.05) is 19.1 Å². The Balaban J connectivity index is 2.45. The Kier molecular flexibility index (Phi) is 7.63. The lowest BCUT2D eigenvalue weighted by Crippen LogP contribution is -2.17. The number of anilines is 2. The summed E-state index contributed by atoms with van der Waals surface area (Å²) in [6, 6.07) is 13.0. The molecule has 6 heteroatoms. The largest absolute Gasteiger partial charge is 0.496 e. The molecule has 0 bridgehead atoms. The molecule has 0 aliphatic heterocycles. The summed E-state index contributed by atoms with van der Waals surface area (Å²) in [5.41, 5.74) is 2.82. The summed E-state index contributed by atoms with van der Waals surface area (Å²) in [5, 5.41) is 2.89. The fourth-order valence-electron chi connectivity index (χ4n) is 2.88. The molecule has 0 atom stereocenters. The molecule has 1 amide bonds. The molecule has 0 aliphatic rings. The predicted molar refractivity (Wildman–Crippen MR) is 112 cm³/mol. The quantitative estimate of drug-likeness (QED) is 0.522. The van der Waals surface area contributed by atoms with Crippen molar-refractivity contribution in [1.29, 1.82) is 0 Å². The molecule has 2 rings (SSSR count). The van der Waals surface area contributed by atoms with Crippen LogP contribution in [0.2, 0.25) is 0 Å². The molecule has 0 aromatic heterocycles. The Morgan fingerprint density at radius 3 is 2.46 bits per heavy atom. The monoisotopic (exact) mass is 382 g/mol. The molecular weight excluding hydrogens is 356 g/mol. The number of carbonyl (C=O) groups excluding carboxylic acids is 2. The summed E-state index contributed by atoms with van der Waals surface area (Å²) < 4.78 is 10.8. The third-order valence-electron chi connectivity index (χ3n) is 4.29. The van der Waals surface area contributed by atoms with Crippen molar-refractivity contribution in [2.75, 3.05) is 31.5 Å². The van der Waals surface area contributed by atoms with Crippen molar-refractivity contribution in [3.05, 3.63) is 54.1 Å². The lowest BCUT2D eigenvalue weighted by Gasteiger charge is -2.25. The van der Waals surface area contributed by atoms with E-state index in [4.69, 9.17) is 9.47 Å². The van der Waals surface area contributed by atoms with Gasteiger partial charge in [-0.05, 0) is 36.8 Å². The summed E-state index contributed by atoms with van der Waals surface area (Å²) in [4.78, 5) is 25.2. The number of para-hydroxylation sites is 1. The van der Waals surface area contributed by atoms with Gasteiger partial charge in [-0.2, -0.15) is 0 Å². The minimum atomic E-state index is -0.0750. The molecule has 0 fully saturated rings. The molecule has 6 nitrogen and oxygen atoms in total. The van der Waals surface area contributed by atoms with Crippen LogP contribution in [-0.2, 0) is 9.59 Å². The first-order chi connectivity index (χ1) is 13.5. The number of carbonyl (C=O) groups is 2. The van der Waals surface area contributed by atoms with Gasteiger partial charge in [-0.3, -0.25) is 9.59 Å². The fourth-order valence-corrected chi connectivity index (χ4v) is 2.88. The second kappa shape index (κ2) is 10.2. The number of allylic oxidation sites excluding steroid dienone is 1. The first-order valence-corrected chi connectivity index (χ1v) is 9.06. The van der Waals surface area contributed by atoms with Crippen LogP contribution in [0.3, 0.4) is 0 Å². The van der Waals surface area contributed by atoms with Gasteiger partial charge in [0.25, 0.3) is 0 Å². The number of amides is 1. The maximum absolute atomic E-state index is 12.0. The van der Waals surface area contributed by atoms with Crippen molar-refractivity contribution >= 4 is 29.3 Å². The third-order valence-corrected chi connectivity index (χ3v) is 4.29. The van der Waals surface area contributed by atoms with Crippen LogP contribution in [0.4, 0.5) is 11.4 Å². The zero-order valence-corrected chi connectivity index (χ0v) is 16.7. The van der Waals surface area contributed by atoms with Crippen LogP contribution in [0.5, 0.6) is 11.5 Å². The number of aldehydes is 1. The maximum atomic E-state index is 12.0. The fraction of sp³-hybridized carbons (Fsp3) is 0.273. The molecule has 28 heavy (non-hydrogen) atoms. The standard InChI is InChI=1S/C22H26N2O4/c1-5-8-22(26)23-18-15-16(11-12-21(18)28-4)24(2)19(13-14-25)17-9-6-7-10-20(17)27-3/h6-7,9-15H,5,8H2,1-4H3,(H,23,26)/b19-13+. The number of nitrogens with zero attached hydrogens (tertiary/aromatic N) is 1. The Labute approximate surface area is 165 Å². The summed E-state index contributed by atoms with van der Waals surface area (Å²) in [7, 11) is 4.99. The van der Waals surface area contributed by atoms with E-state index in [0.717, 1.165) is 24.0 Å². The van der Waals surface area contributed by atoms with Crippen LogP contribution in [0.15, 0.2) is 48.5 Å². The summed E-state index contributed by atoms with van der Waals surface area (Å²) in [5.74, 6) is 1.15. The minimum absolute atomic E-state index is 0.0750. The van der Waals surface area contributed by atoms with E-state index in [1.54, 1.807) is 20.3 Å². The maximum Gasteiger partial charge on any atom is 0.224 e. The van der Waals surface area contributed by atoms with Gasteiger partial charge in [0.15, 0.2) is 0 Å². The summed E-state index contributed by atoms with van der Waals surface area (Å²) in [6.07, 6.45) is 3.41. The summed E-state index contributed by atoms with van der Waals surface area (Å²) in [6.45, 7) is 1.95. The number of benzene rings is 2. The highest BCUT2D eigenvalue weighted by Gasteiger charge is 2.16. The molecule has 0 saturated carbocycles. The Morgan fingerprint density at radius 2 is 1.82 bits per heavy atom. The number of hydrogen-bond donors (Lipinski definition) is 1. The second-order valence-corrected chi connectivity index (χ2v) is 6.13. The van der Waals surface area contributed by atoms with Crippen LogP contribution in [0.25, 0.3) is 5.70 Å². The zero-order chi connectivity index (χ0) is 20.5. The lowest BCUT2D eigenvalue weighted by atomic mass is 10.1. The topological polar surface area (TPSA) is 67.9 Å². The highest BCUT2D eigenvalue weighted by Crippen LogP contribution is 2.34. The van der Waals surface area contributed by atoms with Gasteiger partial charge in [0.2, 0.25) is 5.91 Å². The van der Waals surface area contributed by atoms with Crippen LogP contribution < -0.4 is 19.7 Å². The van der Waals surface area contributed by atoms with E-state index in [1.165, 1.54) is 6.08 Å². The van der Waals surface area contributed by atoms with Crippen molar-refractivity contribution in [2.24, 2.45) is 0 Å². The van der Waals surface area contributed by atoms with Gasteiger partial charge in [-0.15, -0.1) is 0 Å². The molecule has 0 heterocycles. The molecule has 0 spiro atoms. The molecule has 0 radical (unpaired) electrons.